The molecule has 1 aromatic carbocycles. The molecule has 0 aliphatic carbocycles. The summed E-state index contributed by atoms with van der Waals surface area (Å²) < 4.78 is 26.5. The van der Waals surface area contributed by atoms with Crippen LogP contribution in [-0.4, -0.2) is 51.0 Å². The predicted octanol–water partition coefficient (Wildman–Crippen LogP) is 1.38. The second kappa shape index (κ2) is 8.03. The molecular weight excluding hydrogens is 306 g/mol. The standard InChI is InChI=1S/C14H23N3O2S2/c15-13-4-3-5-14(12-13)20-10-11-21(18,19)16-6-9-17-7-1-2-8-17/h3-5,12,16H,1-2,6-11,15H2. The lowest BCUT2D eigenvalue weighted by Gasteiger charge is -2.14. The summed E-state index contributed by atoms with van der Waals surface area (Å²) in [7, 11) is -3.18. The van der Waals surface area contributed by atoms with Gasteiger partial charge in [0, 0.05) is 29.4 Å². The minimum absolute atomic E-state index is 0.131. The number of thioether (sulfide) groups is 1. The highest BCUT2D eigenvalue weighted by molar-refractivity contribution is 8.00. The fourth-order valence-electron chi connectivity index (χ4n) is 2.31. The zero-order valence-electron chi connectivity index (χ0n) is 12.1. The predicted molar refractivity (Wildman–Crippen MR) is 89.0 cm³/mol. The van der Waals surface area contributed by atoms with Gasteiger partial charge in [-0.1, -0.05) is 6.07 Å². The van der Waals surface area contributed by atoms with E-state index in [2.05, 4.69) is 9.62 Å². The second-order valence-corrected chi connectivity index (χ2v) is 8.28. The Hall–Kier alpha value is -0.760. The van der Waals surface area contributed by atoms with Gasteiger partial charge in [0.1, 0.15) is 0 Å². The van der Waals surface area contributed by atoms with Crippen molar-refractivity contribution in [3.8, 4) is 0 Å². The number of nitrogens with one attached hydrogen (secondary N) is 1. The summed E-state index contributed by atoms with van der Waals surface area (Å²) in [4.78, 5) is 3.30. The van der Waals surface area contributed by atoms with Crippen LogP contribution < -0.4 is 10.5 Å². The van der Waals surface area contributed by atoms with Crippen molar-refractivity contribution in [2.75, 3.05) is 43.4 Å². The van der Waals surface area contributed by atoms with E-state index in [4.69, 9.17) is 5.73 Å². The van der Waals surface area contributed by atoms with Crippen LogP contribution in [-0.2, 0) is 10.0 Å². The van der Waals surface area contributed by atoms with Gasteiger partial charge in [0.2, 0.25) is 10.0 Å². The Morgan fingerprint density at radius 2 is 2.05 bits per heavy atom. The van der Waals surface area contributed by atoms with Gasteiger partial charge in [-0.2, -0.15) is 0 Å². The number of hydrogen-bond acceptors (Lipinski definition) is 5. The second-order valence-electron chi connectivity index (χ2n) is 5.18. The molecule has 0 unspecified atom stereocenters. The molecule has 118 valence electrons. The Morgan fingerprint density at radius 1 is 1.29 bits per heavy atom. The molecule has 1 saturated heterocycles. The Morgan fingerprint density at radius 3 is 2.76 bits per heavy atom. The number of benzene rings is 1. The number of sulfonamides is 1. The van der Waals surface area contributed by atoms with Crippen LogP contribution in [0.1, 0.15) is 12.8 Å². The van der Waals surface area contributed by atoms with Gasteiger partial charge in [0.25, 0.3) is 0 Å². The number of rotatable bonds is 8. The SMILES string of the molecule is Nc1cccc(SCCS(=O)(=O)NCCN2CCCC2)c1. The lowest BCUT2D eigenvalue weighted by atomic mass is 10.3. The van der Waals surface area contributed by atoms with E-state index in [-0.39, 0.29) is 5.75 Å². The van der Waals surface area contributed by atoms with Crippen LogP contribution in [0, 0.1) is 0 Å². The van der Waals surface area contributed by atoms with Crippen molar-refractivity contribution in [2.24, 2.45) is 0 Å². The van der Waals surface area contributed by atoms with Crippen LogP contribution in [0.2, 0.25) is 0 Å². The van der Waals surface area contributed by atoms with Crippen molar-refractivity contribution in [2.45, 2.75) is 17.7 Å². The average Bonchev–Trinajstić information content (AvgIpc) is 2.91. The molecule has 1 heterocycles. The topological polar surface area (TPSA) is 75.4 Å². The molecule has 5 nitrogen and oxygen atoms in total. The third kappa shape index (κ3) is 6.25. The highest BCUT2D eigenvalue weighted by atomic mass is 32.2. The summed E-state index contributed by atoms with van der Waals surface area (Å²) in [5, 5.41) is 0. The Labute approximate surface area is 131 Å². The van der Waals surface area contributed by atoms with Crippen LogP contribution in [0.15, 0.2) is 29.2 Å². The molecule has 1 aliphatic rings. The van der Waals surface area contributed by atoms with Gasteiger partial charge in [0.05, 0.1) is 5.75 Å². The summed E-state index contributed by atoms with van der Waals surface area (Å²) in [5.41, 5.74) is 6.39. The van der Waals surface area contributed by atoms with E-state index in [1.807, 2.05) is 24.3 Å². The number of hydrogen-bond donors (Lipinski definition) is 2. The molecule has 0 radical (unpaired) electrons. The first kappa shape index (κ1) is 16.6. The molecule has 21 heavy (non-hydrogen) atoms. The zero-order valence-corrected chi connectivity index (χ0v) is 13.8. The van der Waals surface area contributed by atoms with Crippen molar-refractivity contribution in [3.05, 3.63) is 24.3 Å². The maximum atomic E-state index is 11.9. The molecule has 0 atom stereocenters. The molecule has 0 amide bonds. The van der Waals surface area contributed by atoms with Crippen LogP contribution in [0.5, 0.6) is 0 Å². The molecule has 1 fully saturated rings. The molecule has 3 N–H and O–H groups in total. The van der Waals surface area contributed by atoms with E-state index >= 15 is 0 Å². The van der Waals surface area contributed by atoms with Crippen LogP contribution >= 0.6 is 11.8 Å². The van der Waals surface area contributed by atoms with E-state index in [0.29, 0.717) is 18.0 Å². The van der Waals surface area contributed by atoms with E-state index in [0.717, 1.165) is 24.5 Å². The van der Waals surface area contributed by atoms with Crippen molar-refractivity contribution in [3.63, 3.8) is 0 Å². The number of nitrogens with two attached hydrogens (primary N) is 1. The van der Waals surface area contributed by atoms with Crippen molar-refractivity contribution in [1.29, 1.82) is 0 Å². The quantitative estimate of drug-likeness (QED) is 0.557. The summed E-state index contributed by atoms with van der Waals surface area (Å²) in [6.45, 7) is 3.49. The first-order chi connectivity index (χ1) is 10.1. The van der Waals surface area contributed by atoms with E-state index < -0.39 is 10.0 Å². The normalized spacial score (nSPS) is 16.4. The third-order valence-corrected chi connectivity index (χ3v) is 6.07. The fraction of sp³-hybridized carbons (Fsp3) is 0.571. The van der Waals surface area contributed by atoms with Gasteiger partial charge >= 0.3 is 0 Å². The third-order valence-electron chi connectivity index (χ3n) is 3.43. The minimum Gasteiger partial charge on any atom is -0.399 e. The van der Waals surface area contributed by atoms with Crippen LogP contribution in [0.4, 0.5) is 5.69 Å². The van der Waals surface area contributed by atoms with Gasteiger partial charge in [0.15, 0.2) is 0 Å². The maximum Gasteiger partial charge on any atom is 0.212 e. The van der Waals surface area contributed by atoms with E-state index in [1.165, 1.54) is 24.6 Å². The molecule has 0 aromatic heterocycles. The van der Waals surface area contributed by atoms with Gasteiger partial charge in [-0.15, -0.1) is 11.8 Å². The molecule has 7 heteroatoms. The van der Waals surface area contributed by atoms with Gasteiger partial charge in [-0.05, 0) is 44.1 Å². The van der Waals surface area contributed by atoms with Crippen molar-refractivity contribution < 1.29 is 8.42 Å². The highest BCUT2D eigenvalue weighted by Crippen LogP contribution is 2.20. The van der Waals surface area contributed by atoms with E-state index in [1.54, 1.807) is 0 Å². The maximum absolute atomic E-state index is 11.9. The lowest BCUT2D eigenvalue weighted by Crippen LogP contribution is -2.35. The highest BCUT2D eigenvalue weighted by Gasteiger charge is 2.13. The average molecular weight is 329 g/mol. The molecule has 2 rings (SSSR count). The van der Waals surface area contributed by atoms with Gasteiger partial charge in [-0.25, -0.2) is 13.1 Å². The monoisotopic (exact) mass is 329 g/mol. The van der Waals surface area contributed by atoms with Crippen molar-refractivity contribution >= 4 is 27.5 Å². The van der Waals surface area contributed by atoms with Crippen molar-refractivity contribution in [1.82, 2.24) is 9.62 Å². The van der Waals surface area contributed by atoms with Gasteiger partial charge < -0.3 is 10.6 Å². The Kier molecular flexibility index (Phi) is 6.35. The minimum atomic E-state index is -3.18. The summed E-state index contributed by atoms with van der Waals surface area (Å²) >= 11 is 1.51. The number of likely N-dealkylation sites (tertiary alicyclic amines) is 1. The molecule has 0 saturated carbocycles. The van der Waals surface area contributed by atoms with Gasteiger partial charge in [-0.3, -0.25) is 0 Å². The Balaban J connectivity index is 1.66. The molecule has 0 spiro atoms. The number of nitrogen functional groups attached to an aromatic ring is 1. The fourth-order valence-corrected chi connectivity index (χ4v) is 4.70. The lowest BCUT2D eigenvalue weighted by molar-refractivity contribution is 0.344. The first-order valence-corrected chi connectivity index (χ1v) is 9.87. The summed E-state index contributed by atoms with van der Waals surface area (Å²) in [6, 6.07) is 7.49. The molecule has 1 aromatic rings. The zero-order chi connectivity index (χ0) is 15.1. The van der Waals surface area contributed by atoms with Crippen LogP contribution in [0.25, 0.3) is 0 Å². The summed E-state index contributed by atoms with van der Waals surface area (Å²) in [5.74, 6) is 0.662. The largest absolute Gasteiger partial charge is 0.399 e. The van der Waals surface area contributed by atoms with E-state index in [9.17, 15) is 8.42 Å². The first-order valence-electron chi connectivity index (χ1n) is 7.23. The van der Waals surface area contributed by atoms with Crippen LogP contribution in [0.3, 0.4) is 0 Å². The smallest absolute Gasteiger partial charge is 0.212 e. The molecular formula is C14H23N3O2S2. The molecule has 1 aliphatic heterocycles. The number of anilines is 1. The number of nitrogens with zero attached hydrogens (tertiary/aromatic N) is 1. The molecule has 0 bridgehead atoms. The summed E-state index contributed by atoms with van der Waals surface area (Å²) in [6.07, 6.45) is 2.45. The Bertz CT molecular complexity index is 543.